The maximum Gasteiger partial charge on any atom is 0.0481 e. The molecule has 0 fully saturated rings. The molecule has 0 aromatic rings. The van der Waals surface area contributed by atoms with E-state index in [2.05, 4.69) is 13.5 Å². The fourth-order valence-corrected chi connectivity index (χ4v) is 1.49. The van der Waals surface area contributed by atoms with Gasteiger partial charge >= 0.3 is 0 Å². The Kier molecular flexibility index (Phi) is 7.42. The molecule has 0 saturated carbocycles. The minimum Gasteiger partial charge on any atom is -0.115 e. The number of hydrogen-bond donors (Lipinski definition) is 0. The van der Waals surface area contributed by atoms with Crippen LogP contribution in [-0.4, -0.2) is 9.95 Å². The highest BCUT2D eigenvalue weighted by atomic mass is 32.2. The van der Waals surface area contributed by atoms with Crippen LogP contribution in [0, 0.1) is 0 Å². The molecule has 0 aliphatic heterocycles. The molecule has 0 aromatic heterocycles. The second-order valence-corrected chi connectivity index (χ2v) is 3.94. The van der Waals surface area contributed by atoms with Gasteiger partial charge in [0, 0.05) is 9.95 Å². The van der Waals surface area contributed by atoms with Gasteiger partial charge in [-0.05, 0) is 12.8 Å². The van der Waals surface area contributed by atoms with Crippen molar-refractivity contribution in [1.29, 1.82) is 0 Å². The summed E-state index contributed by atoms with van der Waals surface area (Å²) in [5.41, 5.74) is 0. The molecule has 10 heavy (non-hydrogen) atoms. The number of thiocarbonyl (C=S) groups is 1. The summed E-state index contributed by atoms with van der Waals surface area (Å²) < 4.78 is 1.13. The van der Waals surface area contributed by atoms with Crippen LogP contribution in [0.4, 0.5) is 0 Å². The predicted molar refractivity (Wildman–Crippen MR) is 54.8 cm³/mol. The molecule has 0 spiro atoms. The third-order valence-corrected chi connectivity index (χ3v) is 2.58. The highest BCUT2D eigenvalue weighted by Gasteiger charge is 1.93. The summed E-state index contributed by atoms with van der Waals surface area (Å²) >= 11 is 6.83. The smallest absolute Gasteiger partial charge is 0.0481 e. The van der Waals surface area contributed by atoms with E-state index in [-0.39, 0.29) is 0 Å². The summed E-state index contributed by atoms with van der Waals surface area (Å²) in [6.07, 6.45) is 5.44. The highest BCUT2D eigenvalue weighted by molar-refractivity contribution is 8.23. The van der Waals surface area contributed by atoms with E-state index in [1.54, 1.807) is 11.8 Å². The molecule has 0 bridgehead atoms. The van der Waals surface area contributed by atoms with Gasteiger partial charge in [0.25, 0.3) is 0 Å². The zero-order chi connectivity index (χ0) is 7.82. The topological polar surface area (TPSA) is 0 Å². The SMILES string of the molecule is C=CCSC(=S)CCCC. The molecule has 0 radical (unpaired) electrons. The lowest BCUT2D eigenvalue weighted by atomic mass is 10.3. The first kappa shape index (κ1) is 10.2. The molecule has 0 unspecified atom stereocenters. The molecule has 0 rings (SSSR count). The average Bonchev–Trinajstić information content (AvgIpc) is 1.97. The van der Waals surface area contributed by atoms with Gasteiger partial charge in [0.15, 0.2) is 0 Å². The standard InChI is InChI=1S/C8H14S2/c1-3-5-6-8(9)10-7-4-2/h4H,2-3,5-7H2,1H3. The zero-order valence-electron chi connectivity index (χ0n) is 6.43. The van der Waals surface area contributed by atoms with Crippen molar-refractivity contribution in [2.75, 3.05) is 5.75 Å². The van der Waals surface area contributed by atoms with Crippen molar-refractivity contribution in [3.05, 3.63) is 12.7 Å². The van der Waals surface area contributed by atoms with Gasteiger partial charge in [0.2, 0.25) is 0 Å². The van der Waals surface area contributed by atoms with Crippen LogP contribution in [0.2, 0.25) is 0 Å². The van der Waals surface area contributed by atoms with Gasteiger partial charge in [0.1, 0.15) is 0 Å². The molecule has 0 aromatic carbocycles. The van der Waals surface area contributed by atoms with Crippen LogP contribution in [0.15, 0.2) is 12.7 Å². The molecule has 0 aliphatic carbocycles. The third kappa shape index (κ3) is 6.30. The number of hydrogen-bond acceptors (Lipinski definition) is 2. The van der Waals surface area contributed by atoms with E-state index in [1.807, 2.05) is 6.08 Å². The molecule has 0 nitrogen and oxygen atoms in total. The Hall–Kier alpha value is 0.180. The molecule has 0 N–H and O–H groups in total. The highest BCUT2D eigenvalue weighted by Crippen LogP contribution is 2.10. The molecule has 0 aliphatic rings. The van der Waals surface area contributed by atoms with Gasteiger partial charge in [-0.1, -0.05) is 31.6 Å². The van der Waals surface area contributed by atoms with E-state index >= 15 is 0 Å². The van der Waals surface area contributed by atoms with Crippen LogP contribution in [-0.2, 0) is 0 Å². The molecular formula is C8H14S2. The van der Waals surface area contributed by atoms with Crippen molar-refractivity contribution in [2.45, 2.75) is 26.2 Å². The summed E-state index contributed by atoms with van der Waals surface area (Å²) in [5.74, 6) is 0.961. The zero-order valence-corrected chi connectivity index (χ0v) is 8.06. The molecular weight excluding hydrogens is 160 g/mol. The van der Waals surface area contributed by atoms with Crippen molar-refractivity contribution in [3.8, 4) is 0 Å². The van der Waals surface area contributed by atoms with Gasteiger partial charge in [-0.3, -0.25) is 0 Å². The summed E-state index contributed by atoms with van der Waals surface area (Å²) in [6, 6.07) is 0. The van der Waals surface area contributed by atoms with Crippen LogP contribution >= 0.6 is 24.0 Å². The lowest BCUT2D eigenvalue weighted by molar-refractivity contribution is 0.845. The largest absolute Gasteiger partial charge is 0.115 e. The van der Waals surface area contributed by atoms with Gasteiger partial charge in [0.05, 0.1) is 0 Å². The normalized spacial score (nSPS) is 9.30. The van der Waals surface area contributed by atoms with Crippen LogP contribution < -0.4 is 0 Å². The summed E-state index contributed by atoms with van der Waals surface area (Å²) in [6.45, 7) is 5.81. The van der Waals surface area contributed by atoms with Crippen molar-refractivity contribution >= 4 is 28.2 Å². The Morgan fingerprint density at radius 3 is 2.90 bits per heavy atom. The Morgan fingerprint density at radius 1 is 1.70 bits per heavy atom. The quantitative estimate of drug-likeness (QED) is 0.462. The maximum atomic E-state index is 5.10. The van der Waals surface area contributed by atoms with E-state index in [9.17, 15) is 0 Å². The molecule has 0 atom stereocenters. The third-order valence-electron chi connectivity index (χ3n) is 1.10. The Morgan fingerprint density at radius 2 is 2.40 bits per heavy atom. The Balaban J connectivity index is 3.16. The molecule has 0 amide bonds. The second-order valence-electron chi connectivity index (χ2n) is 2.08. The fourth-order valence-electron chi connectivity index (χ4n) is 0.545. The molecule has 58 valence electrons. The van der Waals surface area contributed by atoms with Crippen LogP contribution in [0.5, 0.6) is 0 Å². The summed E-state index contributed by atoms with van der Waals surface area (Å²) in [4.78, 5) is 0. The first-order valence-electron chi connectivity index (χ1n) is 3.57. The van der Waals surface area contributed by atoms with Gasteiger partial charge in [-0.25, -0.2) is 0 Å². The molecule has 0 saturated heterocycles. The Bertz CT molecular complexity index is 108. The summed E-state index contributed by atoms with van der Waals surface area (Å²) in [7, 11) is 0. The first-order chi connectivity index (χ1) is 4.81. The van der Waals surface area contributed by atoms with Gasteiger partial charge < -0.3 is 0 Å². The van der Waals surface area contributed by atoms with Crippen LogP contribution in [0.1, 0.15) is 26.2 Å². The number of thioether (sulfide) groups is 1. The van der Waals surface area contributed by atoms with Gasteiger partial charge in [-0.15, -0.1) is 18.3 Å². The monoisotopic (exact) mass is 174 g/mol. The molecule has 2 heteroatoms. The van der Waals surface area contributed by atoms with Crippen molar-refractivity contribution in [2.24, 2.45) is 0 Å². The van der Waals surface area contributed by atoms with Crippen LogP contribution in [0.3, 0.4) is 0 Å². The molecule has 0 heterocycles. The van der Waals surface area contributed by atoms with Gasteiger partial charge in [-0.2, -0.15) is 0 Å². The Labute approximate surface area is 73.1 Å². The van der Waals surface area contributed by atoms with Crippen molar-refractivity contribution < 1.29 is 0 Å². The van der Waals surface area contributed by atoms with E-state index in [1.165, 1.54) is 12.8 Å². The second kappa shape index (κ2) is 7.29. The average molecular weight is 174 g/mol. The van der Waals surface area contributed by atoms with E-state index in [0.29, 0.717) is 0 Å². The maximum absolute atomic E-state index is 5.10. The predicted octanol–water partition coefficient (Wildman–Crippen LogP) is 3.42. The first-order valence-corrected chi connectivity index (χ1v) is 4.97. The van der Waals surface area contributed by atoms with Crippen molar-refractivity contribution in [3.63, 3.8) is 0 Å². The fraction of sp³-hybridized carbons (Fsp3) is 0.625. The van der Waals surface area contributed by atoms with E-state index < -0.39 is 0 Å². The lowest BCUT2D eigenvalue weighted by Gasteiger charge is -1.97. The minimum atomic E-state index is 0.961. The minimum absolute atomic E-state index is 0.961. The van der Waals surface area contributed by atoms with Crippen LogP contribution in [0.25, 0.3) is 0 Å². The summed E-state index contributed by atoms with van der Waals surface area (Å²) in [5, 5.41) is 0. The van der Waals surface area contributed by atoms with Crippen molar-refractivity contribution in [1.82, 2.24) is 0 Å². The van der Waals surface area contributed by atoms with E-state index in [0.717, 1.165) is 16.4 Å². The number of unbranched alkanes of at least 4 members (excludes halogenated alkanes) is 1. The number of rotatable bonds is 5. The lowest BCUT2D eigenvalue weighted by Crippen LogP contribution is -1.87. The van der Waals surface area contributed by atoms with E-state index in [4.69, 9.17) is 12.2 Å².